The predicted molar refractivity (Wildman–Crippen MR) is 75.7 cm³/mol. The van der Waals surface area contributed by atoms with E-state index in [0.29, 0.717) is 31.0 Å². The summed E-state index contributed by atoms with van der Waals surface area (Å²) in [6, 6.07) is 0. The number of hydrogen-bond donors (Lipinski definition) is 2. The monoisotopic (exact) mass is 297 g/mol. The van der Waals surface area contributed by atoms with E-state index in [4.69, 9.17) is 9.63 Å². The van der Waals surface area contributed by atoms with Crippen molar-refractivity contribution in [3.63, 3.8) is 0 Å². The lowest BCUT2D eigenvalue weighted by Crippen LogP contribution is -2.31. The Morgan fingerprint density at radius 2 is 2.05 bits per heavy atom. The van der Waals surface area contributed by atoms with Crippen LogP contribution < -0.4 is 5.32 Å². The maximum atomic E-state index is 11.6. The molecule has 0 aliphatic carbocycles. The molecule has 1 atom stereocenters. The fourth-order valence-electron chi connectivity index (χ4n) is 1.50. The Balaban J connectivity index is 2.29. The number of hydrogen-bond acceptors (Lipinski definition) is 5. The number of rotatable bonds is 7. The number of aliphatic carboxylic acids is 1. The van der Waals surface area contributed by atoms with Gasteiger partial charge in [-0.2, -0.15) is 4.98 Å². The van der Waals surface area contributed by atoms with Crippen molar-refractivity contribution < 1.29 is 19.2 Å². The lowest BCUT2D eigenvalue weighted by Gasteiger charge is -2.10. The predicted octanol–water partition coefficient (Wildman–Crippen LogP) is 1.53. The number of carbonyl (C=O) groups is 2. The van der Waals surface area contributed by atoms with Crippen LogP contribution in [0.4, 0.5) is 0 Å². The summed E-state index contributed by atoms with van der Waals surface area (Å²) in [6.45, 7) is 7.69. The molecule has 1 heterocycles. The van der Waals surface area contributed by atoms with Crippen molar-refractivity contribution in [2.75, 3.05) is 6.54 Å². The van der Waals surface area contributed by atoms with Crippen molar-refractivity contribution in [2.45, 2.75) is 52.4 Å². The van der Waals surface area contributed by atoms with Crippen LogP contribution in [0.5, 0.6) is 0 Å². The largest absolute Gasteiger partial charge is 0.481 e. The highest BCUT2D eigenvalue weighted by atomic mass is 16.5. The van der Waals surface area contributed by atoms with Crippen LogP contribution in [-0.2, 0) is 21.4 Å². The van der Waals surface area contributed by atoms with Crippen LogP contribution in [-0.4, -0.2) is 33.7 Å². The van der Waals surface area contributed by atoms with Crippen LogP contribution in [0.2, 0.25) is 0 Å². The third-order valence-corrected chi connectivity index (χ3v) is 2.96. The van der Waals surface area contributed by atoms with Crippen molar-refractivity contribution >= 4 is 11.9 Å². The minimum absolute atomic E-state index is 0.142. The fourth-order valence-corrected chi connectivity index (χ4v) is 1.50. The molecule has 7 nitrogen and oxygen atoms in total. The molecule has 7 heteroatoms. The summed E-state index contributed by atoms with van der Waals surface area (Å²) in [6.07, 6.45) is 1.42. The second-order valence-electron chi connectivity index (χ2n) is 6.16. The Labute approximate surface area is 124 Å². The average Bonchev–Trinajstić information content (AvgIpc) is 2.84. The maximum absolute atomic E-state index is 11.6. The van der Waals surface area contributed by atoms with Crippen molar-refractivity contribution in [2.24, 2.45) is 5.92 Å². The molecule has 0 bridgehead atoms. The van der Waals surface area contributed by atoms with Gasteiger partial charge in [0.05, 0.1) is 5.92 Å². The van der Waals surface area contributed by atoms with Gasteiger partial charge in [-0.25, -0.2) is 0 Å². The van der Waals surface area contributed by atoms with Gasteiger partial charge in [-0.3, -0.25) is 9.59 Å². The van der Waals surface area contributed by atoms with E-state index in [1.165, 1.54) is 0 Å². The maximum Gasteiger partial charge on any atom is 0.308 e. The average molecular weight is 297 g/mol. The number of carboxylic acid groups (broad SMARTS) is 1. The Kier molecular flexibility index (Phi) is 5.87. The van der Waals surface area contributed by atoms with Gasteiger partial charge in [0.2, 0.25) is 11.8 Å². The van der Waals surface area contributed by atoms with Crippen molar-refractivity contribution in [3.05, 3.63) is 11.7 Å². The second kappa shape index (κ2) is 7.19. The Hall–Kier alpha value is -1.92. The first kappa shape index (κ1) is 17.1. The van der Waals surface area contributed by atoms with Crippen LogP contribution in [0.25, 0.3) is 0 Å². The minimum Gasteiger partial charge on any atom is -0.481 e. The lowest BCUT2D eigenvalue weighted by atomic mass is 9.96. The van der Waals surface area contributed by atoms with Crippen LogP contribution in [0.15, 0.2) is 4.52 Å². The summed E-state index contributed by atoms with van der Waals surface area (Å²) in [7, 11) is 0. The standard InChI is InChI=1S/C14H23N3O4/c1-9(12(19)20)8-15-10(18)6-5-7-11-16-13(17-21-11)14(2,3)4/h9H,5-8H2,1-4H3,(H,15,18)(H,19,20). The molecule has 0 fully saturated rings. The summed E-state index contributed by atoms with van der Waals surface area (Å²) < 4.78 is 5.13. The number of aryl methyl sites for hydroxylation is 1. The molecule has 0 saturated carbocycles. The van der Waals surface area contributed by atoms with Gasteiger partial charge in [0, 0.05) is 24.8 Å². The molecular formula is C14H23N3O4. The quantitative estimate of drug-likeness (QED) is 0.790. The fraction of sp³-hybridized carbons (Fsp3) is 0.714. The van der Waals surface area contributed by atoms with Gasteiger partial charge in [-0.15, -0.1) is 0 Å². The molecule has 1 aromatic rings. The van der Waals surface area contributed by atoms with E-state index in [1.807, 2.05) is 20.8 Å². The van der Waals surface area contributed by atoms with Crippen LogP contribution in [0, 0.1) is 5.92 Å². The molecule has 0 radical (unpaired) electrons. The van der Waals surface area contributed by atoms with Crippen LogP contribution in [0.1, 0.15) is 52.3 Å². The van der Waals surface area contributed by atoms with Gasteiger partial charge in [0.25, 0.3) is 0 Å². The van der Waals surface area contributed by atoms with Gasteiger partial charge in [0.15, 0.2) is 5.82 Å². The molecule has 1 rings (SSSR count). The van der Waals surface area contributed by atoms with E-state index in [-0.39, 0.29) is 17.9 Å². The van der Waals surface area contributed by atoms with Crippen LogP contribution in [0.3, 0.4) is 0 Å². The first-order chi connectivity index (χ1) is 9.70. The molecule has 1 aromatic heterocycles. The zero-order valence-electron chi connectivity index (χ0n) is 13.0. The third-order valence-electron chi connectivity index (χ3n) is 2.96. The molecule has 0 spiro atoms. The number of amides is 1. The van der Waals surface area contributed by atoms with E-state index in [2.05, 4.69) is 15.5 Å². The smallest absolute Gasteiger partial charge is 0.308 e. The van der Waals surface area contributed by atoms with Gasteiger partial charge in [0.1, 0.15) is 0 Å². The van der Waals surface area contributed by atoms with Crippen molar-refractivity contribution in [3.8, 4) is 0 Å². The minimum atomic E-state index is -0.920. The Morgan fingerprint density at radius 3 is 2.57 bits per heavy atom. The van der Waals surface area contributed by atoms with E-state index in [1.54, 1.807) is 6.92 Å². The van der Waals surface area contributed by atoms with Gasteiger partial charge in [-0.1, -0.05) is 32.9 Å². The van der Waals surface area contributed by atoms with E-state index in [9.17, 15) is 9.59 Å². The molecule has 118 valence electrons. The Bertz CT molecular complexity index is 491. The highest BCUT2D eigenvalue weighted by Gasteiger charge is 2.20. The topological polar surface area (TPSA) is 105 Å². The highest BCUT2D eigenvalue weighted by molar-refractivity contribution is 5.77. The number of nitrogens with zero attached hydrogens (tertiary/aromatic N) is 2. The number of carboxylic acids is 1. The molecule has 1 unspecified atom stereocenters. The van der Waals surface area contributed by atoms with Crippen molar-refractivity contribution in [1.29, 1.82) is 0 Å². The summed E-state index contributed by atoms with van der Waals surface area (Å²) in [5, 5.41) is 15.2. The molecule has 1 amide bonds. The SMILES string of the molecule is CC(CNC(=O)CCCc1nc(C(C)(C)C)no1)C(=O)O. The zero-order chi connectivity index (χ0) is 16.0. The van der Waals surface area contributed by atoms with Gasteiger partial charge in [-0.05, 0) is 6.42 Å². The van der Waals surface area contributed by atoms with Crippen LogP contribution >= 0.6 is 0 Å². The summed E-state index contributed by atoms with van der Waals surface area (Å²) in [5.74, 6) is -0.502. The molecule has 0 aromatic carbocycles. The Morgan fingerprint density at radius 1 is 1.38 bits per heavy atom. The second-order valence-corrected chi connectivity index (χ2v) is 6.16. The highest BCUT2D eigenvalue weighted by Crippen LogP contribution is 2.18. The zero-order valence-corrected chi connectivity index (χ0v) is 13.0. The lowest BCUT2D eigenvalue weighted by molar-refractivity contribution is -0.141. The molecular weight excluding hydrogens is 274 g/mol. The van der Waals surface area contributed by atoms with E-state index < -0.39 is 11.9 Å². The van der Waals surface area contributed by atoms with E-state index in [0.717, 1.165) is 0 Å². The molecule has 0 aliphatic heterocycles. The number of nitrogens with one attached hydrogen (secondary N) is 1. The number of carbonyl (C=O) groups excluding carboxylic acids is 1. The molecule has 0 aliphatic rings. The summed E-state index contributed by atoms with van der Waals surface area (Å²) in [4.78, 5) is 26.5. The molecule has 2 N–H and O–H groups in total. The molecule has 0 saturated heterocycles. The number of aromatic nitrogens is 2. The first-order valence-electron chi connectivity index (χ1n) is 7.02. The molecule has 21 heavy (non-hydrogen) atoms. The van der Waals surface area contributed by atoms with Crippen molar-refractivity contribution in [1.82, 2.24) is 15.5 Å². The first-order valence-corrected chi connectivity index (χ1v) is 7.02. The normalized spacial score (nSPS) is 13.0. The summed E-state index contributed by atoms with van der Waals surface area (Å²) >= 11 is 0. The van der Waals surface area contributed by atoms with Gasteiger partial charge >= 0.3 is 5.97 Å². The van der Waals surface area contributed by atoms with E-state index >= 15 is 0 Å². The van der Waals surface area contributed by atoms with Gasteiger partial charge < -0.3 is 14.9 Å². The third kappa shape index (κ3) is 5.93. The summed E-state index contributed by atoms with van der Waals surface area (Å²) in [5.41, 5.74) is -0.161.